The SMILES string of the molecule is CCC(CC)C(=O)NC(CC)(CC)CN. The van der Waals surface area contributed by atoms with Crippen LogP contribution in [0.5, 0.6) is 0 Å². The zero-order valence-corrected chi connectivity index (χ0v) is 10.6. The Bertz CT molecular complexity index is 176. The molecule has 15 heavy (non-hydrogen) atoms. The molecule has 0 aliphatic heterocycles. The molecule has 0 aliphatic rings. The van der Waals surface area contributed by atoms with E-state index in [-0.39, 0.29) is 17.4 Å². The Hall–Kier alpha value is -0.570. The third-order valence-electron chi connectivity index (χ3n) is 3.49. The van der Waals surface area contributed by atoms with E-state index in [2.05, 4.69) is 33.0 Å². The molecule has 0 bridgehead atoms. The highest BCUT2D eigenvalue weighted by Crippen LogP contribution is 2.16. The van der Waals surface area contributed by atoms with E-state index in [1.165, 1.54) is 0 Å². The van der Waals surface area contributed by atoms with E-state index in [0.717, 1.165) is 25.7 Å². The maximum atomic E-state index is 11.9. The number of nitrogens with two attached hydrogens (primary N) is 1. The average Bonchev–Trinajstić information content (AvgIpc) is 2.28. The lowest BCUT2D eigenvalue weighted by Gasteiger charge is -2.33. The number of nitrogens with one attached hydrogen (secondary N) is 1. The van der Waals surface area contributed by atoms with E-state index in [0.29, 0.717) is 6.54 Å². The molecule has 0 atom stereocenters. The van der Waals surface area contributed by atoms with Crippen LogP contribution in [0, 0.1) is 5.92 Å². The van der Waals surface area contributed by atoms with Crippen LogP contribution in [0.3, 0.4) is 0 Å². The van der Waals surface area contributed by atoms with Gasteiger partial charge in [0.1, 0.15) is 0 Å². The van der Waals surface area contributed by atoms with Gasteiger partial charge in [-0.05, 0) is 25.7 Å². The first-order valence-electron chi connectivity index (χ1n) is 6.11. The highest BCUT2D eigenvalue weighted by atomic mass is 16.2. The molecular formula is C12H26N2O. The van der Waals surface area contributed by atoms with E-state index in [9.17, 15) is 4.79 Å². The number of carbonyl (C=O) groups excluding carboxylic acids is 1. The number of rotatable bonds is 7. The van der Waals surface area contributed by atoms with Crippen molar-refractivity contribution in [2.75, 3.05) is 6.54 Å². The van der Waals surface area contributed by atoms with Crippen LogP contribution in [-0.2, 0) is 4.79 Å². The molecule has 0 saturated heterocycles. The Balaban J connectivity index is 4.46. The molecule has 90 valence electrons. The lowest BCUT2D eigenvalue weighted by molar-refractivity contribution is -0.127. The van der Waals surface area contributed by atoms with Gasteiger partial charge in [-0.2, -0.15) is 0 Å². The van der Waals surface area contributed by atoms with E-state index in [1.54, 1.807) is 0 Å². The highest BCUT2D eigenvalue weighted by Gasteiger charge is 2.28. The predicted octanol–water partition coefficient (Wildman–Crippen LogP) is 2.06. The van der Waals surface area contributed by atoms with Gasteiger partial charge in [-0.25, -0.2) is 0 Å². The van der Waals surface area contributed by atoms with Crippen molar-refractivity contribution in [2.24, 2.45) is 11.7 Å². The maximum Gasteiger partial charge on any atom is 0.223 e. The van der Waals surface area contributed by atoms with E-state index >= 15 is 0 Å². The van der Waals surface area contributed by atoms with Gasteiger partial charge in [0.25, 0.3) is 0 Å². The Morgan fingerprint density at radius 3 is 1.93 bits per heavy atom. The first-order valence-corrected chi connectivity index (χ1v) is 6.11. The summed E-state index contributed by atoms with van der Waals surface area (Å²) in [7, 11) is 0. The minimum Gasteiger partial charge on any atom is -0.349 e. The van der Waals surface area contributed by atoms with Gasteiger partial charge in [0.15, 0.2) is 0 Å². The van der Waals surface area contributed by atoms with Gasteiger partial charge < -0.3 is 11.1 Å². The predicted molar refractivity (Wildman–Crippen MR) is 64.6 cm³/mol. The van der Waals surface area contributed by atoms with Gasteiger partial charge in [-0.15, -0.1) is 0 Å². The molecule has 0 spiro atoms. The van der Waals surface area contributed by atoms with E-state index in [4.69, 9.17) is 5.73 Å². The average molecular weight is 214 g/mol. The smallest absolute Gasteiger partial charge is 0.223 e. The van der Waals surface area contributed by atoms with Gasteiger partial charge in [-0.1, -0.05) is 27.7 Å². The molecule has 3 N–H and O–H groups in total. The lowest BCUT2D eigenvalue weighted by Crippen LogP contribution is -2.54. The standard InChI is InChI=1S/C12H26N2O/c1-5-10(6-2)11(15)14-12(7-3,8-4)9-13/h10H,5-9,13H2,1-4H3,(H,14,15). The Kier molecular flexibility index (Phi) is 6.57. The van der Waals surface area contributed by atoms with Crippen LogP contribution in [-0.4, -0.2) is 18.0 Å². The van der Waals surface area contributed by atoms with Crippen LogP contribution in [0.15, 0.2) is 0 Å². The zero-order chi connectivity index (χ0) is 11.9. The maximum absolute atomic E-state index is 11.9. The third kappa shape index (κ3) is 3.82. The minimum absolute atomic E-state index is 0.133. The third-order valence-corrected chi connectivity index (χ3v) is 3.49. The molecule has 3 nitrogen and oxygen atoms in total. The number of carbonyl (C=O) groups is 1. The molecule has 0 unspecified atom stereocenters. The topological polar surface area (TPSA) is 55.1 Å². The molecule has 0 radical (unpaired) electrons. The molecule has 0 aliphatic carbocycles. The minimum atomic E-state index is -0.195. The van der Waals surface area contributed by atoms with Crippen LogP contribution in [0.4, 0.5) is 0 Å². The second-order valence-electron chi connectivity index (χ2n) is 4.19. The zero-order valence-electron chi connectivity index (χ0n) is 10.6. The molecule has 3 heteroatoms. The first-order chi connectivity index (χ1) is 7.09. The molecular weight excluding hydrogens is 188 g/mol. The van der Waals surface area contributed by atoms with Crippen LogP contribution in [0.2, 0.25) is 0 Å². The van der Waals surface area contributed by atoms with Crippen LogP contribution >= 0.6 is 0 Å². The Morgan fingerprint density at radius 1 is 1.20 bits per heavy atom. The fraction of sp³-hybridized carbons (Fsp3) is 0.917. The molecule has 0 heterocycles. The monoisotopic (exact) mass is 214 g/mol. The van der Waals surface area contributed by atoms with Crippen LogP contribution in [0.25, 0.3) is 0 Å². The van der Waals surface area contributed by atoms with Crippen molar-refractivity contribution in [2.45, 2.75) is 58.9 Å². The molecule has 1 amide bonds. The summed E-state index contributed by atoms with van der Waals surface area (Å²) >= 11 is 0. The van der Waals surface area contributed by atoms with Crippen molar-refractivity contribution in [1.29, 1.82) is 0 Å². The van der Waals surface area contributed by atoms with Gasteiger partial charge >= 0.3 is 0 Å². The largest absolute Gasteiger partial charge is 0.349 e. The van der Waals surface area contributed by atoms with Crippen molar-refractivity contribution in [3.05, 3.63) is 0 Å². The summed E-state index contributed by atoms with van der Waals surface area (Å²) in [6.45, 7) is 8.77. The normalized spacial score (nSPS) is 11.9. The second-order valence-corrected chi connectivity index (χ2v) is 4.19. The lowest BCUT2D eigenvalue weighted by atomic mass is 9.91. The number of hydrogen-bond acceptors (Lipinski definition) is 2. The van der Waals surface area contributed by atoms with Crippen molar-refractivity contribution < 1.29 is 4.79 Å². The van der Waals surface area contributed by atoms with Crippen molar-refractivity contribution >= 4 is 5.91 Å². The van der Waals surface area contributed by atoms with Crippen LogP contribution in [0.1, 0.15) is 53.4 Å². The van der Waals surface area contributed by atoms with Gasteiger partial charge in [0, 0.05) is 12.5 Å². The van der Waals surface area contributed by atoms with Crippen LogP contribution < -0.4 is 11.1 Å². The first kappa shape index (κ1) is 14.4. The Labute approximate surface area is 93.8 Å². The Morgan fingerprint density at radius 2 is 1.67 bits per heavy atom. The fourth-order valence-electron chi connectivity index (χ4n) is 1.79. The summed E-state index contributed by atoms with van der Waals surface area (Å²) in [6.07, 6.45) is 3.59. The van der Waals surface area contributed by atoms with Gasteiger partial charge in [-0.3, -0.25) is 4.79 Å². The van der Waals surface area contributed by atoms with E-state index < -0.39 is 0 Å². The second kappa shape index (κ2) is 6.83. The summed E-state index contributed by atoms with van der Waals surface area (Å²) in [5, 5.41) is 3.12. The highest BCUT2D eigenvalue weighted by molar-refractivity contribution is 5.79. The molecule has 0 aromatic carbocycles. The number of hydrogen-bond donors (Lipinski definition) is 2. The molecule has 0 aromatic rings. The van der Waals surface area contributed by atoms with Gasteiger partial charge in [0.05, 0.1) is 5.54 Å². The molecule has 0 saturated carbocycles. The summed E-state index contributed by atoms with van der Waals surface area (Å²) in [4.78, 5) is 11.9. The van der Waals surface area contributed by atoms with E-state index in [1.807, 2.05) is 0 Å². The van der Waals surface area contributed by atoms with Crippen molar-refractivity contribution in [3.63, 3.8) is 0 Å². The number of amides is 1. The summed E-state index contributed by atoms with van der Waals surface area (Å²) in [6, 6.07) is 0. The quantitative estimate of drug-likeness (QED) is 0.681. The molecule has 0 fully saturated rings. The summed E-state index contributed by atoms with van der Waals surface area (Å²) in [5.41, 5.74) is 5.55. The molecule has 0 aromatic heterocycles. The fourth-order valence-corrected chi connectivity index (χ4v) is 1.79. The molecule has 0 rings (SSSR count). The van der Waals surface area contributed by atoms with Gasteiger partial charge in [0.2, 0.25) is 5.91 Å². The summed E-state index contributed by atoms with van der Waals surface area (Å²) < 4.78 is 0. The van der Waals surface area contributed by atoms with Crippen molar-refractivity contribution in [1.82, 2.24) is 5.32 Å². The summed E-state index contributed by atoms with van der Waals surface area (Å²) in [5.74, 6) is 0.295. The van der Waals surface area contributed by atoms with Crippen molar-refractivity contribution in [3.8, 4) is 0 Å².